The third-order valence-electron chi connectivity index (χ3n) is 1.07. The van der Waals surface area contributed by atoms with Crippen LogP contribution in [0, 0.1) is 0 Å². The van der Waals surface area contributed by atoms with Gasteiger partial charge in [-0.05, 0) is 11.4 Å². The molecule has 0 bridgehead atoms. The number of carbonyl (C=O) groups is 1. The second-order valence-corrected chi connectivity index (χ2v) is 2.72. The van der Waals surface area contributed by atoms with Gasteiger partial charge in [0.05, 0.1) is 6.42 Å². The highest BCUT2D eigenvalue weighted by Crippen LogP contribution is 2.23. The molecular formula is C6H6O3S. The van der Waals surface area contributed by atoms with Crippen LogP contribution in [-0.2, 0) is 11.2 Å². The summed E-state index contributed by atoms with van der Waals surface area (Å²) in [5, 5.41) is 19.0. The van der Waals surface area contributed by atoms with Gasteiger partial charge in [-0.15, -0.1) is 11.3 Å². The third-order valence-corrected chi connectivity index (χ3v) is 1.82. The average Bonchev–Trinajstić information content (AvgIpc) is 2.15. The van der Waals surface area contributed by atoms with Gasteiger partial charge in [0.15, 0.2) is 5.06 Å². The smallest absolute Gasteiger partial charge is 0.307 e. The fourth-order valence-corrected chi connectivity index (χ4v) is 1.28. The molecule has 0 aliphatic rings. The van der Waals surface area contributed by atoms with Crippen molar-refractivity contribution in [3.05, 3.63) is 17.0 Å². The van der Waals surface area contributed by atoms with Crippen LogP contribution in [0.2, 0.25) is 0 Å². The molecule has 0 atom stereocenters. The zero-order chi connectivity index (χ0) is 7.56. The van der Waals surface area contributed by atoms with Crippen molar-refractivity contribution in [1.82, 2.24) is 0 Å². The minimum atomic E-state index is -0.923. The number of carboxylic acid groups (broad SMARTS) is 1. The number of thiophene rings is 1. The highest BCUT2D eigenvalue weighted by Gasteiger charge is 2.05. The van der Waals surface area contributed by atoms with Gasteiger partial charge in [0.2, 0.25) is 0 Å². The molecule has 10 heavy (non-hydrogen) atoms. The minimum Gasteiger partial charge on any atom is -0.499 e. The van der Waals surface area contributed by atoms with E-state index in [1.165, 1.54) is 0 Å². The third kappa shape index (κ3) is 1.48. The first-order chi connectivity index (χ1) is 4.70. The van der Waals surface area contributed by atoms with E-state index in [1.807, 2.05) is 0 Å². The standard InChI is InChI=1S/C6H6O3S/c7-5(8)3-4-1-2-10-6(4)9/h1-2,9H,3H2,(H,7,8). The number of rotatable bonds is 2. The molecule has 2 N–H and O–H groups in total. The van der Waals surface area contributed by atoms with Crippen LogP contribution in [0.3, 0.4) is 0 Å². The molecular weight excluding hydrogens is 152 g/mol. The molecule has 0 unspecified atom stereocenters. The lowest BCUT2D eigenvalue weighted by Gasteiger charge is -1.90. The maximum atomic E-state index is 10.1. The molecule has 0 fully saturated rings. The Morgan fingerprint density at radius 1 is 1.70 bits per heavy atom. The topological polar surface area (TPSA) is 57.5 Å². The molecule has 0 saturated heterocycles. The van der Waals surface area contributed by atoms with Crippen LogP contribution in [0.15, 0.2) is 11.4 Å². The lowest BCUT2D eigenvalue weighted by Crippen LogP contribution is -1.98. The van der Waals surface area contributed by atoms with Crippen molar-refractivity contribution in [3.63, 3.8) is 0 Å². The van der Waals surface area contributed by atoms with E-state index in [4.69, 9.17) is 10.2 Å². The molecule has 1 aromatic rings. The van der Waals surface area contributed by atoms with Gasteiger partial charge in [-0.3, -0.25) is 4.79 Å². The fourth-order valence-electron chi connectivity index (χ4n) is 0.625. The van der Waals surface area contributed by atoms with Gasteiger partial charge in [0.1, 0.15) is 0 Å². The molecule has 0 aromatic carbocycles. The highest BCUT2D eigenvalue weighted by atomic mass is 32.1. The summed E-state index contributed by atoms with van der Waals surface area (Å²) < 4.78 is 0. The first kappa shape index (κ1) is 7.08. The maximum absolute atomic E-state index is 10.1. The van der Waals surface area contributed by atoms with Crippen LogP contribution < -0.4 is 0 Å². The second-order valence-electron chi connectivity index (χ2n) is 1.82. The molecule has 1 aromatic heterocycles. The van der Waals surface area contributed by atoms with E-state index in [0.717, 1.165) is 11.3 Å². The summed E-state index contributed by atoms with van der Waals surface area (Å²) in [6, 6.07) is 1.61. The van der Waals surface area contributed by atoms with Crippen molar-refractivity contribution in [2.45, 2.75) is 6.42 Å². The zero-order valence-corrected chi connectivity index (χ0v) is 5.89. The van der Waals surface area contributed by atoms with Crippen molar-refractivity contribution in [1.29, 1.82) is 0 Å². The number of hydrogen-bond acceptors (Lipinski definition) is 3. The molecule has 0 aliphatic carbocycles. The summed E-state index contributed by atoms with van der Waals surface area (Å²) in [6.07, 6.45) is -0.102. The van der Waals surface area contributed by atoms with Crippen molar-refractivity contribution < 1.29 is 15.0 Å². The Kier molecular flexibility index (Phi) is 1.91. The maximum Gasteiger partial charge on any atom is 0.307 e. The minimum absolute atomic E-state index is 0.0994. The highest BCUT2D eigenvalue weighted by molar-refractivity contribution is 7.11. The van der Waals surface area contributed by atoms with Crippen molar-refractivity contribution in [2.75, 3.05) is 0 Å². The summed E-state index contributed by atoms with van der Waals surface area (Å²) >= 11 is 1.14. The molecule has 0 amide bonds. The van der Waals surface area contributed by atoms with E-state index >= 15 is 0 Å². The van der Waals surface area contributed by atoms with Crippen molar-refractivity contribution >= 4 is 17.3 Å². The largest absolute Gasteiger partial charge is 0.499 e. The molecule has 54 valence electrons. The van der Waals surface area contributed by atoms with Crippen LogP contribution in [0.25, 0.3) is 0 Å². The van der Waals surface area contributed by atoms with Gasteiger partial charge in [0.25, 0.3) is 0 Å². The fraction of sp³-hybridized carbons (Fsp3) is 0.167. The molecule has 0 radical (unpaired) electrons. The normalized spacial score (nSPS) is 9.60. The Morgan fingerprint density at radius 2 is 2.40 bits per heavy atom. The van der Waals surface area contributed by atoms with Crippen LogP contribution in [0.4, 0.5) is 0 Å². The van der Waals surface area contributed by atoms with E-state index in [0.29, 0.717) is 5.56 Å². The monoisotopic (exact) mass is 158 g/mol. The Hall–Kier alpha value is -1.03. The summed E-state index contributed by atoms with van der Waals surface area (Å²) in [4.78, 5) is 10.1. The van der Waals surface area contributed by atoms with Crippen LogP contribution in [-0.4, -0.2) is 16.2 Å². The van der Waals surface area contributed by atoms with Crippen LogP contribution in [0.1, 0.15) is 5.56 Å². The lowest BCUT2D eigenvalue weighted by atomic mass is 10.2. The van der Waals surface area contributed by atoms with Gasteiger partial charge >= 0.3 is 5.97 Å². The van der Waals surface area contributed by atoms with Crippen LogP contribution >= 0.6 is 11.3 Å². The summed E-state index contributed by atoms with van der Waals surface area (Å²) in [6.45, 7) is 0. The number of hydrogen-bond donors (Lipinski definition) is 2. The number of aromatic hydroxyl groups is 1. The predicted octanol–water partition coefficient (Wildman–Crippen LogP) is 1.08. The number of aliphatic carboxylic acids is 1. The predicted molar refractivity (Wildman–Crippen MR) is 37.3 cm³/mol. The van der Waals surface area contributed by atoms with E-state index < -0.39 is 5.97 Å². The quantitative estimate of drug-likeness (QED) is 0.677. The summed E-state index contributed by atoms with van der Waals surface area (Å²) in [5.41, 5.74) is 0.484. The Morgan fingerprint density at radius 3 is 2.80 bits per heavy atom. The first-order valence-corrected chi connectivity index (χ1v) is 3.55. The lowest BCUT2D eigenvalue weighted by molar-refractivity contribution is -0.136. The second kappa shape index (κ2) is 2.70. The molecule has 3 nitrogen and oxygen atoms in total. The summed E-state index contributed by atoms with van der Waals surface area (Å²) in [5.74, 6) is -0.923. The molecule has 1 heterocycles. The first-order valence-electron chi connectivity index (χ1n) is 2.67. The van der Waals surface area contributed by atoms with E-state index in [1.54, 1.807) is 11.4 Å². The number of carboxylic acids is 1. The van der Waals surface area contributed by atoms with E-state index in [2.05, 4.69) is 0 Å². The molecule has 4 heteroatoms. The summed E-state index contributed by atoms with van der Waals surface area (Å²) in [7, 11) is 0. The molecule has 1 rings (SSSR count). The van der Waals surface area contributed by atoms with Gasteiger partial charge in [0, 0.05) is 5.56 Å². The molecule has 0 saturated carbocycles. The van der Waals surface area contributed by atoms with Gasteiger partial charge in [-0.1, -0.05) is 0 Å². The molecule has 0 spiro atoms. The Labute approximate surface area is 61.6 Å². The van der Waals surface area contributed by atoms with Gasteiger partial charge < -0.3 is 10.2 Å². The van der Waals surface area contributed by atoms with Crippen LogP contribution in [0.5, 0.6) is 5.06 Å². The van der Waals surface area contributed by atoms with Gasteiger partial charge in [-0.25, -0.2) is 0 Å². The van der Waals surface area contributed by atoms with E-state index in [-0.39, 0.29) is 11.5 Å². The van der Waals surface area contributed by atoms with Crippen molar-refractivity contribution in [3.8, 4) is 5.06 Å². The Bertz CT molecular complexity index is 241. The average molecular weight is 158 g/mol. The van der Waals surface area contributed by atoms with Gasteiger partial charge in [-0.2, -0.15) is 0 Å². The van der Waals surface area contributed by atoms with E-state index in [9.17, 15) is 4.79 Å². The Balaban J connectivity index is 2.74. The zero-order valence-electron chi connectivity index (χ0n) is 5.07. The van der Waals surface area contributed by atoms with Crippen molar-refractivity contribution in [2.24, 2.45) is 0 Å². The SMILES string of the molecule is O=C(O)Cc1ccsc1O. The molecule has 0 aliphatic heterocycles.